The Morgan fingerprint density at radius 2 is 1.84 bits per heavy atom. The highest BCUT2D eigenvalue weighted by Gasteiger charge is 2.39. The molecule has 1 saturated heterocycles. The molecular formula is C18H31N5O7S. The number of amides is 4. The second-order valence-corrected chi connectivity index (χ2v) is 8.21. The maximum atomic E-state index is 13.1. The lowest BCUT2D eigenvalue weighted by Crippen LogP contribution is -2.57. The number of carboxylic acids is 1. The van der Waals surface area contributed by atoms with Crippen LogP contribution in [0.5, 0.6) is 0 Å². The number of aliphatic hydroxyl groups excluding tert-OH is 1. The number of carboxylic acid groups (broad SMARTS) is 1. The lowest BCUT2D eigenvalue weighted by Gasteiger charge is -2.29. The first-order valence-electron chi connectivity index (χ1n) is 9.90. The topological polar surface area (TPSA) is 205 Å². The molecule has 31 heavy (non-hydrogen) atoms. The number of aliphatic hydroxyl groups is 1. The summed E-state index contributed by atoms with van der Waals surface area (Å²) in [5.74, 6) is -3.26. The van der Waals surface area contributed by atoms with E-state index in [1.807, 2.05) is 6.26 Å². The first kappa shape index (κ1) is 26.7. The van der Waals surface area contributed by atoms with E-state index in [2.05, 4.69) is 10.6 Å². The number of nitrogens with two attached hydrogens (primary N) is 2. The highest BCUT2D eigenvalue weighted by Crippen LogP contribution is 2.20. The van der Waals surface area contributed by atoms with E-state index in [0.717, 1.165) is 0 Å². The minimum Gasteiger partial charge on any atom is -0.480 e. The zero-order chi connectivity index (χ0) is 23.6. The molecule has 1 aliphatic heterocycles. The average Bonchev–Trinajstić information content (AvgIpc) is 3.21. The Bertz CT molecular complexity index is 678. The van der Waals surface area contributed by atoms with E-state index < -0.39 is 60.4 Å². The predicted octanol–water partition coefficient (Wildman–Crippen LogP) is -2.63. The van der Waals surface area contributed by atoms with Crippen molar-refractivity contribution in [2.24, 2.45) is 11.5 Å². The van der Waals surface area contributed by atoms with Gasteiger partial charge in [0.2, 0.25) is 23.6 Å². The van der Waals surface area contributed by atoms with Gasteiger partial charge in [-0.15, -0.1) is 0 Å². The van der Waals surface area contributed by atoms with Crippen LogP contribution in [0.4, 0.5) is 0 Å². The largest absolute Gasteiger partial charge is 0.480 e. The number of nitrogens with zero attached hydrogens (tertiary/aromatic N) is 1. The van der Waals surface area contributed by atoms with Crippen molar-refractivity contribution in [3.05, 3.63) is 0 Å². The van der Waals surface area contributed by atoms with Gasteiger partial charge in [-0.25, -0.2) is 4.79 Å². The van der Waals surface area contributed by atoms with E-state index in [1.54, 1.807) is 0 Å². The number of thioether (sulfide) groups is 1. The average molecular weight is 462 g/mol. The molecule has 0 saturated carbocycles. The summed E-state index contributed by atoms with van der Waals surface area (Å²) in [7, 11) is 0. The van der Waals surface area contributed by atoms with Crippen LogP contribution < -0.4 is 22.1 Å². The van der Waals surface area contributed by atoms with Crippen LogP contribution in [0.3, 0.4) is 0 Å². The third-order valence-corrected chi connectivity index (χ3v) is 5.54. The SMILES string of the molecule is CSCCC(N)C(=O)NC(CCC(N)=O)C(=O)N1CCCC1C(=O)NC(CO)C(=O)O. The summed E-state index contributed by atoms with van der Waals surface area (Å²) < 4.78 is 0. The molecule has 4 atom stereocenters. The summed E-state index contributed by atoms with van der Waals surface area (Å²) in [6.07, 6.45) is 2.83. The molecule has 1 heterocycles. The molecule has 1 rings (SSSR count). The predicted molar refractivity (Wildman–Crippen MR) is 113 cm³/mol. The molecule has 4 unspecified atom stereocenters. The summed E-state index contributed by atoms with van der Waals surface area (Å²) in [4.78, 5) is 61.5. The molecule has 13 heteroatoms. The van der Waals surface area contributed by atoms with Crippen LogP contribution in [0.1, 0.15) is 32.1 Å². The van der Waals surface area contributed by atoms with Gasteiger partial charge in [0.25, 0.3) is 0 Å². The normalized spacial score (nSPS) is 18.7. The van der Waals surface area contributed by atoms with Gasteiger partial charge in [-0.3, -0.25) is 19.2 Å². The van der Waals surface area contributed by atoms with Gasteiger partial charge in [0, 0.05) is 13.0 Å². The number of hydrogen-bond donors (Lipinski definition) is 6. The molecule has 0 bridgehead atoms. The third-order valence-electron chi connectivity index (χ3n) is 4.90. The number of carbonyl (C=O) groups is 5. The summed E-state index contributed by atoms with van der Waals surface area (Å²) in [6, 6.07) is -4.40. The van der Waals surface area contributed by atoms with Crippen LogP contribution in [0, 0.1) is 0 Å². The minimum atomic E-state index is -1.50. The molecule has 0 spiro atoms. The number of hydrogen-bond acceptors (Lipinski definition) is 8. The molecule has 1 fully saturated rings. The van der Waals surface area contributed by atoms with Crippen molar-refractivity contribution in [3.63, 3.8) is 0 Å². The maximum absolute atomic E-state index is 13.1. The molecule has 4 amide bonds. The van der Waals surface area contributed by atoms with Gasteiger partial charge in [0.1, 0.15) is 18.1 Å². The Labute approximate surface area is 184 Å². The van der Waals surface area contributed by atoms with Gasteiger partial charge in [-0.05, 0) is 37.7 Å². The quantitative estimate of drug-likeness (QED) is 0.169. The fraction of sp³-hybridized carbons (Fsp3) is 0.722. The minimum absolute atomic E-state index is 0.0611. The summed E-state index contributed by atoms with van der Waals surface area (Å²) in [5.41, 5.74) is 11.0. The highest BCUT2D eigenvalue weighted by molar-refractivity contribution is 7.98. The van der Waals surface area contributed by atoms with Crippen LogP contribution >= 0.6 is 11.8 Å². The van der Waals surface area contributed by atoms with E-state index >= 15 is 0 Å². The van der Waals surface area contributed by atoms with Gasteiger partial charge in [0.15, 0.2) is 0 Å². The molecule has 1 aliphatic rings. The van der Waals surface area contributed by atoms with Gasteiger partial charge in [0.05, 0.1) is 12.6 Å². The van der Waals surface area contributed by atoms with Crippen molar-refractivity contribution in [2.45, 2.75) is 56.3 Å². The fourth-order valence-electron chi connectivity index (χ4n) is 3.16. The Hall–Kier alpha value is -2.38. The zero-order valence-corrected chi connectivity index (χ0v) is 18.2. The third kappa shape index (κ3) is 8.34. The molecular weight excluding hydrogens is 430 g/mol. The molecule has 12 nitrogen and oxygen atoms in total. The van der Waals surface area contributed by atoms with E-state index in [4.69, 9.17) is 21.7 Å². The van der Waals surface area contributed by atoms with Crippen LogP contribution in [0.15, 0.2) is 0 Å². The van der Waals surface area contributed by atoms with Crippen molar-refractivity contribution in [2.75, 3.05) is 25.2 Å². The van der Waals surface area contributed by atoms with Crippen LogP contribution in [-0.2, 0) is 24.0 Å². The van der Waals surface area contributed by atoms with E-state index in [1.165, 1.54) is 16.7 Å². The summed E-state index contributed by atoms with van der Waals surface area (Å²) in [6.45, 7) is -0.581. The molecule has 0 aromatic rings. The standard InChI is InChI=1S/C18H31N5O7S/c1-31-8-6-10(19)15(26)21-11(4-5-14(20)25)17(28)23-7-2-3-13(23)16(27)22-12(9-24)18(29)30/h10-13,24H,2-9,19H2,1H3,(H2,20,25)(H,21,26)(H,22,27)(H,29,30). The van der Waals surface area contributed by atoms with Crippen LogP contribution in [-0.4, -0.2) is 94.0 Å². The Kier molecular flexibility index (Phi) is 11.3. The van der Waals surface area contributed by atoms with Gasteiger partial charge < -0.3 is 37.2 Å². The number of primary amides is 1. The fourth-order valence-corrected chi connectivity index (χ4v) is 3.64. The Morgan fingerprint density at radius 3 is 2.39 bits per heavy atom. The monoisotopic (exact) mass is 461 g/mol. The smallest absolute Gasteiger partial charge is 0.328 e. The van der Waals surface area contributed by atoms with E-state index in [0.29, 0.717) is 25.0 Å². The number of aliphatic carboxylic acids is 1. The molecule has 176 valence electrons. The van der Waals surface area contributed by atoms with Crippen LogP contribution in [0.2, 0.25) is 0 Å². The molecule has 0 aliphatic carbocycles. The van der Waals surface area contributed by atoms with Crippen molar-refractivity contribution < 1.29 is 34.2 Å². The number of likely N-dealkylation sites (tertiary alicyclic amines) is 1. The molecule has 8 N–H and O–H groups in total. The zero-order valence-electron chi connectivity index (χ0n) is 17.4. The van der Waals surface area contributed by atoms with Gasteiger partial charge in [-0.1, -0.05) is 0 Å². The summed E-state index contributed by atoms with van der Waals surface area (Å²) >= 11 is 1.52. The number of carbonyl (C=O) groups excluding carboxylic acids is 4. The lowest BCUT2D eigenvalue weighted by molar-refractivity contribution is -0.145. The van der Waals surface area contributed by atoms with E-state index in [-0.39, 0.29) is 19.4 Å². The van der Waals surface area contributed by atoms with Crippen molar-refractivity contribution in [1.29, 1.82) is 0 Å². The van der Waals surface area contributed by atoms with Crippen molar-refractivity contribution in [1.82, 2.24) is 15.5 Å². The maximum Gasteiger partial charge on any atom is 0.328 e. The molecule has 0 radical (unpaired) electrons. The first-order valence-corrected chi connectivity index (χ1v) is 11.3. The van der Waals surface area contributed by atoms with Crippen molar-refractivity contribution >= 4 is 41.4 Å². The molecule has 0 aromatic carbocycles. The van der Waals surface area contributed by atoms with Gasteiger partial charge in [-0.2, -0.15) is 11.8 Å². The number of nitrogens with one attached hydrogen (secondary N) is 2. The van der Waals surface area contributed by atoms with Crippen LogP contribution in [0.25, 0.3) is 0 Å². The second kappa shape index (κ2) is 13.1. The highest BCUT2D eigenvalue weighted by atomic mass is 32.2. The Balaban J connectivity index is 2.92. The van der Waals surface area contributed by atoms with Crippen molar-refractivity contribution in [3.8, 4) is 0 Å². The Morgan fingerprint density at radius 1 is 1.16 bits per heavy atom. The van der Waals surface area contributed by atoms with Gasteiger partial charge >= 0.3 is 5.97 Å². The summed E-state index contributed by atoms with van der Waals surface area (Å²) in [5, 5.41) is 22.9. The lowest BCUT2D eigenvalue weighted by atomic mass is 10.1. The van der Waals surface area contributed by atoms with E-state index in [9.17, 15) is 24.0 Å². The molecule has 0 aromatic heterocycles. The number of rotatable bonds is 13. The second-order valence-electron chi connectivity index (χ2n) is 7.23. The first-order chi connectivity index (χ1) is 14.6.